The first-order chi connectivity index (χ1) is 6.27. The molecule has 1 aromatic rings. The van der Waals surface area contributed by atoms with E-state index >= 15 is 0 Å². The first kappa shape index (κ1) is 9.22. The molecule has 1 fully saturated rings. The fraction of sp³-hybridized carbons (Fsp3) is 0.636. The van der Waals surface area contributed by atoms with Gasteiger partial charge in [0.15, 0.2) is 0 Å². The first-order valence-electron chi connectivity index (χ1n) is 5.02. The van der Waals surface area contributed by atoms with Crippen molar-refractivity contribution < 1.29 is 5.11 Å². The lowest BCUT2D eigenvalue weighted by Gasteiger charge is -2.26. The molecule has 0 aliphatic heterocycles. The second-order valence-corrected chi connectivity index (χ2v) is 5.23. The van der Waals surface area contributed by atoms with Crippen LogP contribution in [0.2, 0.25) is 0 Å². The van der Waals surface area contributed by atoms with Crippen LogP contribution in [-0.4, -0.2) is 11.2 Å². The van der Waals surface area contributed by atoms with Gasteiger partial charge >= 0.3 is 0 Å². The number of thiophene rings is 1. The van der Waals surface area contributed by atoms with Crippen LogP contribution in [0.3, 0.4) is 0 Å². The minimum Gasteiger partial charge on any atom is -0.392 e. The standard InChI is InChI=1S/C11H16OS/c1-8-6-7-11(13-8)9-4-2-3-5-10(9)12/h6-7,9-10,12H,2-5H2,1H3. The number of aliphatic hydroxyl groups excluding tert-OH is 1. The maximum atomic E-state index is 9.84. The number of hydrogen-bond acceptors (Lipinski definition) is 2. The van der Waals surface area contributed by atoms with Gasteiger partial charge in [0.2, 0.25) is 0 Å². The topological polar surface area (TPSA) is 20.2 Å². The summed E-state index contributed by atoms with van der Waals surface area (Å²) < 4.78 is 0. The van der Waals surface area contributed by atoms with Gasteiger partial charge in [-0.15, -0.1) is 11.3 Å². The molecule has 2 rings (SSSR count). The van der Waals surface area contributed by atoms with E-state index in [4.69, 9.17) is 0 Å². The molecule has 2 heteroatoms. The molecular formula is C11H16OS. The van der Waals surface area contributed by atoms with Crippen molar-refractivity contribution in [3.8, 4) is 0 Å². The van der Waals surface area contributed by atoms with Crippen molar-refractivity contribution in [2.75, 3.05) is 0 Å². The van der Waals surface area contributed by atoms with Gasteiger partial charge in [-0.3, -0.25) is 0 Å². The van der Waals surface area contributed by atoms with E-state index in [0.717, 1.165) is 6.42 Å². The highest BCUT2D eigenvalue weighted by atomic mass is 32.1. The third-order valence-corrected chi connectivity index (χ3v) is 3.99. The summed E-state index contributed by atoms with van der Waals surface area (Å²) >= 11 is 1.84. The van der Waals surface area contributed by atoms with Crippen molar-refractivity contribution in [3.63, 3.8) is 0 Å². The van der Waals surface area contributed by atoms with E-state index in [1.807, 2.05) is 11.3 Å². The predicted molar refractivity (Wildman–Crippen MR) is 56.3 cm³/mol. The minimum absolute atomic E-state index is 0.0909. The molecule has 1 nitrogen and oxygen atoms in total. The van der Waals surface area contributed by atoms with Crippen molar-refractivity contribution in [2.24, 2.45) is 0 Å². The number of rotatable bonds is 1. The molecule has 1 aromatic heterocycles. The Hall–Kier alpha value is -0.340. The van der Waals surface area contributed by atoms with Gasteiger partial charge in [-0.25, -0.2) is 0 Å². The van der Waals surface area contributed by atoms with E-state index in [-0.39, 0.29) is 6.10 Å². The second-order valence-electron chi connectivity index (χ2n) is 3.91. The molecule has 1 aliphatic carbocycles. The fourth-order valence-electron chi connectivity index (χ4n) is 2.10. The molecule has 13 heavy (non-hydrogen) atoms. The van der Waals surface area contributed by atoms with Gasteiger partial charge < -0.3 is 5.11 Å². The van der Waals surface area contributed by atoms with Crippen molar-refractivity contribution in [3.05, 3.63) is 21.9 Å². The minimum atomic E-state index is -0.0909. The molecule has 1 aliphatic rings. The quantitative estimate of drug-likeness (QED) is 0.732. The highest BCUT2D eigenvalue weighted by Crippen LogP contribution is 2.36. The van der Waals surface area contributed by atoms with Crippen LogP contribution in [0.4, 0.5) is 0 Å². The van der Waals surface area contributed by atoms with E-state index < -0.39 is 0 Å². The van der Waals surface area contributed by atoms with Crippen molar-refractivity contribution in [1.82, 2.24) is 0 Å². The number of aliphatic hydroxyl groups is 1. The molecule has 1 N–H and O–H groups in total. The Morgan fingerprint density at radius 1 is 1.31 bits per heavy atom. The van der Waals surface area contributed by atoms with Gasteiger partial charge in [0.05, 0.1) is 6.10 Å². The zero-order chi connectivity index (χ0) is 9.26. The summed E-state index contributed by atoms with van der Waals surface area (Å²) in [6.07, 6.45) is 4.54. The molecule has 0 bridgehead atoms. The molecule has 2 unspecified atom stereocenters. The van der Waals surface area contributed by atoms with E-state index in [2.05, 4.69) is 19.1 Å². The van der Waals surface area contributed by atoms with Gasteiger partial charge in [0, 0.05) is 15.7 Å². The van der Waals surface area contributed by atoms with Crippen LogP contribution in [0.5, 0.6) is 0 Å². The fourth-order valence-corrected chi connectivity index (χ4v) is 3.17. The Balaban J connectivity index is 2.14. The molecule has 0 saturated heterocycles. The molecule has 0 radical (unpaired) electrons. The van der Waals surface area contributed by atoms with Crippen LogP contribution in [0.15, 0.2) is 12.1 Å². The molecule has 72 valence electrons. The van der Waals surface area contributed by atoms with E-state index in [1.165, 1.54) is 29.0 Å². The lowest BCUT2D eigenvalue weighted by molar-refractivity contribution is 0.107. The Morgan fingerprint density at radius 2 is 2.08 bits per heavy atom. The van der Waals surface area contributed by atoms with Gasteiger partial charge in [0.25, 0.3) is 0 Å². The van der Waals surface area contributed by atoms with Crippen LogP contribution >= 0.6 is 11.3 Å². The lowest BCUT2D eigenvalue weighted by atomic mass is 9.85. The SMILES string of the molecule is Cc1ccc(C2CCCCC2O)s1. The average Bonchev–Trinajstić information content (AvgIpc) is 2.53. The molecule has 0 aromatic carbocycles. The summed E-state index contributed by atoms with van der Waals surface area (Å²) in [6, 6.07) is 4.33. The number of hydrogen-bond donors (Lipinski definition) is 1. The van der Waals surface area contributed by atoms with E-state index in [0.29, 0.717) is 5.92 Å². The summed E-state index contributed by atoms with van der Waals surface area (Å²) in [5.41, 5.74) is 0. The van der Waals surface area contributed by atoms with Crippen molar-refractivity contribution >= 4 is 11.3 Å². The molecule has 1 saturated carbocycles. The largest absolute Gasteiger partial charge is 0.392 e. The highest BCUT2D eigenvalue weighted by molar-refractivity contribution is 7.12. The van der Waals surface area contributed by atoms with Gasteiger partial charge in [0.1, 0.15) is 0 Å². The summed E-state index contributed by atoms with van der Waals surface area (Å²) in [4.78, 5) is 2.73. The number of aryl methyl sites for hydroxylation is 1. The maximum Gasteiger partial charge on any atom is 0.0616 e. The second kappa shape index (κ2) is 3.81. The Labute approximate surface area is 83.4 Å². The van der Waals surface area contributed by atoms with Crippen LogP contribution in [0.25, 0.3) is 0 Å². The van der Waals surface area contributed by atoms with Crippen LogP contribution < -0.4 is 0 Å². The first-order valence-corrected chi connectivity index (χ1v) is 5.83. The summed E-state index contributed by atoms with van der Waals surface area (Å²) in [5, 5.41) is 9.84. The average molecular weight is 196 g/mol. The molecular weight excluding hydrogens is 180 g/mol. The van der Waals surface area contributed by atoms with Crippen LogP contribution in [-0.2, 0) is 0 Å². The molecule has 0 spiro atoms. The van der Waals surface area contributed by atoms with E-state index in [1.54, 1.807) is 0 Å². The summed E-state index contributed by atoms with van der Waals surface area (Å²) in [6.45, 7) is 2.13. The molecule has 2 atom stereocenters. The zero-order valence-electron chi connectivity index (χ0n) is 7.99. The van der Waals surface area contributed by atoms with Crippen molar-refractivity contribution in [1.29, 1.82) is 0 Å². The van der Waals surface area contributed by atoms with Gasteiger partial charge in [-0.05, 0) is 31.9 Å². The van der Waals surface area contributed by atoms with Crippen molar-refractivity contribution in [2.45, 2.75) is 44.6 Å². The molecule has 1 heterocycles. The lowest BCUT2D eigenvalue weighted by Crippen LogP contribution is -2.21. The van der Waals surface area contributed by atoms with Crippen LogP contribution in [0, 0.1) is 6.92 Å². The maximum absolute atomic E-state index is 9.84. The highest BCUT2D eigenvalue weighted by Gasteiger charge is 2.25. The monoisotopic (exact) mass is 196 g/mol. The van der Waals surface area contributed by atoms with Gasteiger partial charge in [-0.2, -0.15) is 0 Å². The third kappa shape index (κ3) is 1.94. The predicted octanol–water partition coefficient (Wildman–Crippen LogP) is 3.08. The third-order valence-electron chi connectivity index (χ3n) is 2.86. The normalized spacial score (nSPS) is 29.1. The smallest absolute Gasteiger partial charge is 0.0616 e. The van der Waals surface area contributed by atoms with E-state index in [9.17, 15) is 5.11 Å². The summed E-state index contributed by atoms with van der Waals surface area (Å²) in [5.74, 6) is 0.424. The zero-order valence-corrected chi connectivity index (χ0v) is 8.81. The Morgan fingerprint density at radius 3 is 2.69 bits per heavy atom. The summed E-state index contributed by atoms with van der Waals surface area (Å²) in [7, 11) is 0. The Bertz CT molecular complexity index is 279. The van der Waals surface area contributed by atoms with Gasteiger partial charge in [-0.1, -0.05) is 12.8 Å². The Kier molecular flexibility index (Phi) is 2.70. The van der Waals surface area contributed by atoms with Crippen LogP contribution in [0.1, 0.15) is 41.4 Å². The molecule has 0 amide bonds.